The summed E-state index contributed by atoms with van der Waals surface area (Å²) in [6, 6.07) is -0.502. The van der Waals surface area contributed by atoms with E-state index in [1.54, 1.807) is 13.8 Å². The largest absolute Gasteiger partial charge is 0.326 e. The first kappa shape index (κ1) is 12.9. The molecule has 0 aliphatic rings. The van der Waals surface area contributed by atoms with Crippen LogP contribution in [0.2, 0.25) is 0 Å². The van der Waals surface area contributed by atoms with E-state index in [2.05, 4.69) is 0 Å². The van der Waals surface area contributed by atoms with Crippen molar-refractivity contribution >= 4 is 10.1 Å². The third-order valence-corrected chi connectivity index (χ3v) is 4.73. The molecule has 0 aromatic rings. The first-order valence-electron chi connectivity index (χ1n) is 4.58. The van der Waals surface area contributed by atoms with Crippen LogP contribution in [0, 0.1) is 0 Å². The van der Waals surface area contributed by atoms with Crippen molar-refractivity contribution in [1.82, 2.24) is 0 Å². The van der Waals surface area contributed by atoms with E-state index >= 15 is 0 Å². The van der Waals surface area contributed by atoms with Gasteiger partial charge in [-0.25, -0.2) is 0 Å². The van der Waals surface area contributed by atoms with Gasteiger partial charge in [-0.2, -0.15) is 8.42 Å². The maximum Gasteiger partial charge on any atom is 0.272 e. The van der Waals surface area contributed by atoms with Gasteiger partial charge >= 0.3 is 0 Å². The molecular formula is C8H19NO3S. The molecule has 0 saturated heterocycles. The topological polar surface area (TPSA) is 80.4 Å². The standard InChI is InChI=1S/C8H19NO3S/c1-4-7(9)8(5-2,6-3)13(10,11)12/h7H,4-6,9H2,1-3H3,(H,10,11,12). The van der Waals surface area contributed by atoms with Crippen molar-refractivity contribution in [3.8, 4) is 0 Å². The monoisotopic (exact) mass is 209 g/mol. The van der Waals surface area contributed by atoms with Crippen LogP contribution in [-0.2, 0) is 10.1 Å². The molecule has 0 bridgehead atoms. The molecule has 80 valence electrons. The average Bonchev–Trinajstić information content (AvgIpc) is 2.04. The number of hydrogen-bond donors (Lipinski definition) is 2. The summed E-state index contributed by atoms with van der Waals surface area (Å²) < 4.78 is 30.3. The van der Waals surface area contributed by atoms with Crippen LogP contribution in [0.1, 0.15) is 40.0 Å². The van der Waals surface area contributed by atoms with E-state index in [0.29, 0.717) is 19.3 Å². The SMILES string of the molecule is CCC(N)C(CC)(CC)S(=O)(=O)O. The highest BCUT2D eigenvalue weighted by Crippen LogP contribution is 2.29. The number of rotatable bonds is 5. The van der Waals surface area contributed by atoms with Crippen molar-refractivity contribution in [2.24, 2.45) is 5.73 Å². The quantitative estimate of drug-likeness (QED) is 0.666. The fourth-order valence-corrected chi connectivity index (χ4v) is 2.98. The van der Waals surface area contributed by atoms with Gasteiger partial charge in [0.2, 0.25) is 0 Å². The lowest BCUT2D eigenvalue weighted by Crippen LogP contribution is -2.52. The van der Waals surface area contributed by atoms with E-state index in [-0.39, 0.29) is 0 Å². The number of hydrogen-bond acceptors (Lipinski definition) is 3. The molecule has 0 spiro atoms. The first-order chi connectivity index (χ1) is 5.85. The third kappa shape index (κ3) is 2.21. The van der Waals surface area contributed by atoms with Crippen LogP contribution in [0.25, 0.3) is 0 Å². The Labute approximate surface area is 80.3 Å². The average molecular weight is 209 g/mol. The van der Waals surface area contributed by atoms with Crippen LogP contribution in [0.4, 0.5) is 0 Å². The highest BCUT2D eigenvalue weighted by atomic mass is 32.2. The van der Waals surface area contributed by atoms with E-state index < -0.39 is 20.9 Å². The lowest BCUT2D eigenvalue weighted by atomic mass is 9.92. The molecule has 0 saturated carbocycles. The molecule has 0 aromatic heterocycles. The summed E-state index contributed by atoms with van der Waals surface area (Å²) in [6.45, 7) is 5.27. The molecule has 1 atom stereocenters. The molecule has 1 unspecified atom stereocenters. The Kier molecular flexibility index (Phi) is 4.35. The normalized spacial score (nSPS) is 15.8. The molecule has 0 aliphatic heterocycles. The molecule has 13 heavy (non-hydrogen) atoms. The summed E-state index contributed by atoms with van der Waals surface area (Å²) in [4.78, 5) is 0. The van der Waals surface area contributed by atoms with E-state index in [0.717, 1.165) is 0 Å². The van der Waals surface area contributed by atoms with Gasteiger partial charge in [-0.3, -0.25) is 4.55 Å². The van der Waals surface area contributed by atoms with Gasteiger partial charge < -0.3 is 5.73 Å². The molecule has 5 heteroatoms. The summed E-state index contributed by atoms with van der Waals surface area (Å²) in [7, 11) is -4.06. The molecule has 3 N–H and O–H groups in total. The maximum atomic E-state index is 11.2. The predicted molar refractivity (Wildman–Crippen MR) is 53.1 cm³/mol. The van der Waals surface area contributed by atoms with Crippen molar-refractivity contribution < 1.29 is 13.0 Å². The van der Waals surface area contributed by atoms with Gasteiger partial charge in [-0.05, 0) is 19.3 Å². The van der Waals surface area contributed by atoms with Crippen molar-refractivity contribution in [1.29, 1.82) is 0 Å². The lowest BCUT2D eigenvalue weighted by molar-refractivity contribution is 0.355. The highest BCUT2D eigenvalue weighted by molar-refractivity contribution is 7.87. The smallest absolute Gasteiger partial charge is 0.272 e. The Balaban J connectivity index is 5.16. The zero-order valence-corrected chi connectivity index (χ0v) is 9.26. The highest BCUT2D eigenvalue weighted by Gasteiger charge is 2.44. The fraction of sp³-hybridized carbons (Fsp3) is 1.00. The Hall–Kier alpha value is -0.130. The Morgan fingerprint density at radius 3 is 1.77 bits per heavy atom. The van der Waals surface area contributed by atoms with Gasteiger partial charge in [0, 0.05) is 6.04 Å². The first-order valence-corrected chi connectivity index (χ1v) is 6.02. The summed E-state index contributed by atoms with van der Waals surface area (Å²) in [6.07, 6.45) is 1.23. The molecule has 4 nitrogen and oxygen atoms in total. The summed E-state index contributed by atoms with van der Waals surface area (Å²) in [5, 5.41) is 0. The minimum Gasteiger partial charge on any atom is -0.326 e. The van der Waals surface area contributed by atoms with Crippen molar-refractivity contribution in [3.05, 3.63) is 0 Å². The van der Waals surface area contributed by atoms with E-state index in [4.69, 9.17) is 10.3 Å². The van der Waals surface area contributed by atoms with E-state index in [1.165, 1.54) is 0 Å². The van der Waals surface area contributed by atoms with Gasteiger partial charge in [0.05, 0.1) is 0 Å². The second-order valence-electron chi connectivity index (χ2n) is 3.26. The van der Waals surface area contributed by atoms with Crippen LogP contribution in [-0.4, -0.2) is 23.8 Å². The second-order valence-corrected chi connectivity index (χ2v) is 5.02. The van der Waals surface area contributed by atoms with Crippen LogP contribution >= 0.6 is 0 Å². The summed E-state index contributed by atoms with van der Waals surface area (Å²) >= 11 is 0. The van der Waals surface area contributed by atoms with Crippen LogP contribution < -0.4 is 5.73 Å². The minimum atomic E-state index is -4.06. The van der Waals surface area contributed by atoms with Gasteiger partial charge in [-0.15, -0.1) is 0 Å². The second kappa shape index (κ2) is 4.39. The van der Waals surface area contributed by atoms with Gasteiger partial charge in [0.25, 0.3) is 10.1 Å². The van der Waals surface area contributed by atoms with Crippen LogP contribution in [0.5, 0.6) is 0 Å². The molecule has 0 fully saturated rings. The van der Waals surface area contributed by atoms with E-state index in [9.17, 15) is 8.42 Å². The molecule has 0 amide bonds. The van der Waals surface area contributed by atoms with Crippen LogP contribution in [0.15, 0.2) is 0 Å². The van der Waals surface area contributed by atoms with Gasteiger partial charge in [-0.1, -0.05) is 20.8 Å². The zero-order valence-electron chi connectivity index (χ0n) is 8.45. The molecule has 0 rings (SSSR count). The summed E-state index contributed by atoms with van der Waals surface area (Å²) in [5.41, 5.74) is 5.72. The molecular weight excluding hydrogens is 190 g/mol. The molecule has 0 radical (unpaired) electrons. The van der Waals surface area contributed by atoms with Crippen molar-refractivity contribution in [3.63, 3.8) is 0 Å². The lowest BCUT2D eigenvalue weighted by Gasteiger charge is -2.33. The van der Waals surface area contributed by atoms with Crippen molar-refractivity contribution in [2.45, 2.75) is 50.8 Å². The Morgan fingerprint density at radius 1 is 1.31 bits per heavy atom. The van der Waals surface area contributed by atoms with Gasteiger partial charge in [0.15, 0.2) is 0 Å². The number of nitrogens with two attached hydrogens (primary N) is 1. The Bertz CT molecular complexity index is 244. The van der Waals surface area contributed by atoms with Crippen LogP contribution in [0.3, 0.4) is 0 Å². The third-order valence-electron chi connectivity index (χ3n) is 2.83. The predicted octanol–water partition coefficient (Wildman–Crippen LogP) is 1.17. The molecule has 0 heterocycles. The fourth-order valence-electron chi connectivity index (χ4n) is 1.70. The maximum absolute atomic E-state index is 11.2. The molecule has 0 aromatic carbocycles. The minimum absolute atomic E-state index is 0.345. The zero-order chi connectivity index (χ0) is 10.7. The van der Waals surface area contributed by atoms with Gasteiger partial charge in [0.1, 0.15) is 4.75 Å². The summed E-state index contributed by atoms with van der Waals surface area (Å²) in [5.74, 6) is 0. The Morgan fingerprint density at radius 2 is 1.69 bits per heavy atom. The molecule has 0 aliphatic carbocycles. The van der Waals surface area contributed by atoms with E-state index in [1.807, 2.05) is 6.92 Å². The van der Waals surface area contributed by atoms with Crippen molar-refractivity contribution in [2.75, 3.05) is 0 Å².